The van der Waals surface area contributed by atoms with Crippen LogP contribution in [0.4, 0.5) is 5.69 Å². The molecule has 0 aliphatic heterocycles. The van der Waals surface area contributed by atoms with E-state index >= 15 is 0 Å². The van der Waals surface area contributed by atoms with Crippen molar-refractivity contribution in [3.8, 4) is 6.07 Å². The monoisotopic (exact) mass is 264 g/mol. The summed E-state index contributed by atoms with van der Waals surface area (Å²) in [5.74, 6) is -0.197. The SMILES string of the molecule is N#CCCN(C(=O)c1cc(N)cnc1Cl)C1CC1. The van der Waals surface area contributed by atoms with Gasteiger partial charge >= 0.3 is 0 Å². The van der Waals surface area contributed by atoms with E-state index in [1.165, 1.54) is 12.3 Å². The third-order valence-electron chi connectivity index (χ3n) is 2.80. The first-order valence-corrected chi connectivity index (χ1v) is 6.10. The van der Waals surface area contributed by atoms with E-state index in [-0.39, 0.29) is 17.1 Å². The van der Waals surface area contributed by atoms with Crippen LogP contribution < -0.4 is 5.73 Å². The van der Waals surface area contributed by atoms with Crippen LogP contribution in [0.5, 0.6) is 0 Å². The van der Waals surface area contributed by atoms with Gasteiger partial charge in [-0.3, -0.25) is 4.79 Å². The molecule has 0 unspecified atom stereocenters. The Balaban J connectivity index is 2.22. The molecule has 0 atom stereocenters. The van der Waals surface area contributed by atoms with Crippen molar-refractivity contribution in [1.82, 2.24) is 9.88 Å². The Labute approximate surface area is 110 Å². The Morgan fingerprint density at radius 2 is 2.39 bits per heavy atom. The minimum atomic E-state index is -0.197. The molecule has 0 aromatic carbocycles. The molecule has 1 aliphatic rings. The first kappa shape index (κ1) is 12.7. The number of rotatable bonds is 4. The zero-order chi connectivity index (χ0) is 13.1. The molecule has 1 aliphatic carbocycles. The fraction of sp³-hybridized carbons (Fsp3) is 0.417. The van der Waals surface area contributed by atoms with Gasteiger partial charge in [0.05, 0.1) is 29.9 Å². The van der Waals surface area contributed by atoms with E-state index < -0.39 is 0 Å². The number of nitrogen functional groups attached to an aromatic ring is 1. The lowest BCUT2D eigenvalue weighted by molar-refractivity contribution is 0.0746. The molecule has 0 bridgehead atoms. The van der Waals surface area contributed by atoms with E-state index in [2.05, 4.69) is 4.98 Å². The number of amides is 1. The van der Waals surface area contributed by atoms with Gasteiger partial charge in [-0.25, -0.2) is 4.98 Å². The van der Waals surface area contributed by atoms with Crippen molar-refractivity contribution < 1.29 is 4.79 Å². The lowest BCUT2D eigenvalue weighted by Crippen LogP contribution is -2.34. The maximum atomic E-state index is 12.3. The average Bonchev–Trinajstić information content (AvgIpc) is 3.17. The normalized spacial score (nSPS) is 14.0. The highest BCUT2D eigenvalue weighted by Gasteiger charge is 2.33. The lowest BCUT2D eigenvalue weighted by atomic mass is 10.2. The summed E-state index contributed by atoms with van der Waals surface area (Å²) in [6.45, 7) is 0.422. The molecule has 5 nitrogen and oxygen atoms in total. The number of hydrogen-bond acceptors (Lipinski definition) is 4. The van der Waals surface area contributed by atoms with Crippen LogP contribution in [0.15, 0.2) is 12.3 Å². The molecule has 94 valence electrons. The molecular weight excluding hydrogens is 252 g/mol. The average molecular weight is 265 g/mol. The van der Waals surface area contributed by atoms with Crippen LogP contribution in [0, 0.1) is 11.3 Å². The molecule has 1 saturated carbocycles. The topological polar surface area (TPSA) is 83.0 Å². The van der Waals surface area contributed by atoms with Crippen molar-refractivity contribution in [3.05, 3.63) is 23.0 Å². The minimum Gasteiger partial charge on any atom is -0.397 e. The quantitative estimate of drug-likeness (QED) is 0.841. The Kier molecular flexibility index (Phi) is 3.68. The summed E-state index contributed by atoms with van der Waals surface area (Å²) >= 11 is 5.92. The lowest BCUT2D eigenvalue weighted by Gasteiger charge is -2.21. The maximum absolute atomic E-state index is 12.3. The van der Waals surface area contributed by atoms with Gasteiger partial charge in [0.1, 0.15) is 5.15 Å². The molecule has 1 fully saturated rings. The van der Waals surface area contributed by atoms with E-state index in [0.29, 0.717) is 24.2 Å². The largest absolute Gasteiger partial charge is 0.397 e. The van der Waals surface area contributed by atoms with E-state index in [0.717, 1.165) is 12.8 Å². The van der Waals surface area contributed by atoms with E-state index in [9.17, 15) is 4.79 Å². The van der Waals surface area contributed by atoms with Gasteiger partial charge in [0, 0.05) is 12.6 Å². The molecule has 1 aromatic heterocycles. The number of pyridine rings is 1. The number of halogens is 1. The number of aromatic nitrogens is 1. The molecule has 0 saturated heterocycles. The fourth-order valence-electron chi connectivity index (χ4n) is 1.78. The summed E-state index contributed by atoms with van der Waals surface area (Å²) in [6.07, 6.45) is 3.68. The fourth-order valence-corrected chi connectivity index (χ4v) is 1.96. The first-order chi connectivity index (χ1) is 8.63. The number of carbonyl (C=O) groups is 1. The van der Waals surface area contributed by atoms with Crippen LogP contribution in [-0.4, -0.2) is 28.4 Å². The van der Waals surface area contributed by atoms with Gasteiger partial charge in [0.25, 0.3) is 5.91 Å². The first-order valence-electron chi connectivity index (χ1n) is 5.72. The van der Waals surface area contributed by atoms with Crippen molar-refractivity contribution in [2.45, 2.75) is 25.3 Å². The second-order valence-electron chi connectivity index (χ2n) is 4.24. The standard InChI is InChI=1S/C12H13ClN4O/c13-11-10(6-8(15)7-16-11)12(18)17(5-1-4-14)9-2-3-9/h6-7,9H,1-3,5,15H2. The van der Waals surface area contributed by atoms with Gasteiger partial charge in [-0.1, -0.05) is 11.6 Å². The molecular formula is C12H13ClN4O. The summed E-state index contributed by atoms with van der Waals surface area (Å²) in [4.78, 5) is 17.9. The predicted octanol–water partition coefficient (Wildman–Crippen LogP) is 1.84. The summed E-state index contributed by atoms with van der Waals surface area (Å²) in [6, 6.07) is 3.80. The number of carbonyl (C=O) groups excluding carboxylic acids is 1. The van der Waals surface area contributed by atoms with Gasteiger partial charge in [-0.05, 0) is 18.9 Å². The van der Waals surface area contributed by atoms with Crippen molar-refractivity contribution in [2.75, 3.05) is 12.3 Å². The smallest absolute Gasteiger partial charge is 0.257 e. The van der Waals surface area contributed by atoms with Crippen LogP contribution in [-0.2, 0) is 0 Å². The van der Waals surface area contributed by atoms with Crippen LogP contribution in [0.1, 0.15) is 29.6 Å². The maximum Gasteiger partial charge on any atom is 0.257 e. The highest BCUT2D eigenvalue weighted by molar-refractivity contribution is 6.32. The molecule has 1 aromatic rings. The predicted molar refractivity (Wildman–Crippen MR) is 67.9 cm³/mol. The number of anilines is 1. The zero-order valence-electron chi connectivity index (χ0n) is 9.77. The van der Waals surface area contributed by atoms with Gasteiger partial charge in [-0.15, -0.1) is 0 Å². The second kappa shape index (κ2) is 5.23. The van der Waals surface area contributed by atoms with Crippen molar-refractivity contribution in [3.63, 3.8) is 0 Å². The number of nitrogens with zero attached hydrogens (tertiary/aromatic N) is 3. The van der Waals surface area contributed by atoms with Crippen LogP contribution in [0.2, 0.25) is 5.15 Å². The Morgan fingerprint density at radius 3 is 3.00 bits per heavy atom. The van der Waals surface area contributed by atoms with Crippen LogP contribution in [0.25, 0.3) is 0 Å². The van der Waals surface area contributed by atoms with Crippen molar-refractivity contribution in [1.29, 1.82) is 5.26 Å². The zero-order valence-corrected chi connectivity index (χ0v) is 10.5. The Morgan fingerprint density at radius 1 is 1.67 bits per heavy atom. The van der Waals surface area contributed by atoms with Gasteiger partial charge in [0.15, 0.2) is 0 Å². The van der Waals surface area contributed by atoms with E-state index in [1.54, 1.807) is 4.90 Å². The molecule has 1 heterocycles. The molecule has 18 heavy (non-hydrogen) atoms. The number of nitriles is 1. The van der Waals surface area contributed by atoms with Crippen LogP contribution >= 0.6 is 11.6 Å². The molecule has 2 rings (SSSR count). The number of nitrogens with two attached hydrogens (primary N) is 1. The summed E-state index contributed by atoms with van der Waals surface area (Å²) < 4.78 is 0. The van der Waals surface area contributed by atoms with Gasteiger partial charge in [-0.2, -0.15) is 5.26 Å². The highest BCUT2D eigenvalue weighted by atomic mass is 35.5. The van der Waals surface area contributed by atoms with Crippen molar-refractivity contribution in [2.24, 2.45) is 0 Å². The highest BCUT2D eigenvalue weighted by Crippen LogP contribution is 2.29. The van der Waals surface area contributed by atoms with E-state index in [1.807, 2.05) is 6.07 Å². The van der Waals surface area contributed by atoms with E-state index in [4.69, 9.17) is 22.6 Å². The third-order valence-corrected chi connectivity index (χ3v) is 3.10. The summed E-state index contributed by atoms with van der Waals surface area (Å²) in [5, 5.41) is 8.77. The van der Waals surface area contributed by atoms with Gasteiger partial charge in [0.2, 0.25) is 0 Å². The summed E-state index contributed by atoms with van der Waals surface area (Å²) in [5.41, 5.74) is 6.32. The molecule has 2 N–H and O–H groups in total. The molecule has 6 heteroatoms. The minimum absolute atomic E-state index is 0.150. The summed E-state index contributed by atoms with van der Waals surface area (Å²) in [7, 11) is 0. The van der Waals surface area contributed by atoms with Crippen LogP contribution in [0.3, 0.4) is 0 Å². The van der Waals surface area contributed by atoms with Gasteiger partial charge < -0.3 is 10.6 Å². The number of hydrogen-bond donors (Lipinski definition) is 1. The Bertz CT molecular complexity index is 507. The third kappa shape index (κ3) is 2.71. The molecule has 0 radical (unpaired) electrons. The Hall–Kier alpha value is -1.80. The van der Waals surface area contributed by atoms with Crippen molar-refractivity contribution >= 4 is 23.2 Å². The molecule has 0 spiro atoms. The second-order valence-corrected chi connectivity index (χ2v) is 4.60. The molecule has 1 amide bonds.